The Morgan fingerprint density at radius 3 is 2.67 bits per heavy atom. The van der Waals surface area contributed by atoms with E-state index in [1.807, 2.05) is 6.92 Å². The van der Waals surface area contributed by atoms with Gasteiger partial charge in [-0.05, 0) is 24.6 Å². The van der Waals surface area contributed by atoms with Crippen molar-refractivity contribution in [3.8, 4) is 11.5 Å². The third-order valence-electron chi connectivity index (χ3n) is 2.02. The monoisotopic (exact) mass is 230 g/mol. The molecule has 0 saturated carbocycles. The molecule has 1 aromatic rings. The molecule has 0 spiro atoms. The van der Waals surface area contributed by atoms with E-state index in [9.17, 15) is 5.11 Å². The molecule has 1 rings (SSSR count). The number of rotatable bonds is 5. The van der Waals surface area contributed by atoms with Gasteiger partial charge in [0.05, 0.1) is 25.7 Å². The fourth-order valence-corrected chi connectivity index (χ4v) is 1.44. The lowest BCUT2D eigenvalue weighted by atomic mass is 10.1. The van der Waals surface area contributed by atoms with Crippen molar-refractivity contribution in [1.82, 2.24) is 0 Å². The Morgan fingerprint density at radius 2 is 2.13 bits per heavy atom. The summed E-state index contributed by atoms with van der Waals surface area (Å²) >= 11 is 5.57. The second-order valence-corrected chi connectivity index (χ2v) is 3.32. The van der Waals surface area contributed by atoms with E-state index in [1.165, 1.54) is 0 Å². The van der Waals surface area contributed by atoms with Crippen molar-refractivity contribution in [2.75, 3.05) is 19.6 Å². The van der Waals surface area contributed by atoms with Crippen LogP contribution in [0.3, 0.4) is 0 Å². The Hall–Kier alpha value is -0.930. The third-order valence-corrected chi connectivity index (χ3v) is 2.31. The molecule has 0 aliphatic rings. The fraction of sp³-hybridized carbons (Fsp3) is 0.455. The Bertz CT molecular complexity index is 315. The molecule has 1 atom stereocenters. The van der Waals surface area contributed by atoms with Crippen LogP contribution in [0.15, 0.2) is 18.2 Å². The van der Waals surface area contributed by atoms with Gasteiger partial charge in [0.1, 0.15) is 0 Å². The average molecular weight is 231 g/mol. The number of hydrogen-bond donors (Lipinski definition) is 1. The van der Waals surface area contributed by atoms with E-state index < -0.39 is 6.10 Å². The molecular weight excluding hydrogens is 216 g/mol. The van der Waals surface area contributed by atoms with Gasteiger partial charge in [0.2, 0.25) is 0 Å². The summed E-state index contributed by atoms with van der Waals surface area (Å²) in [5.74, 6) is 1.45. The second kappa shape index (κ2) is 5.83. The molecule has 84 valence electrons. The zero-order valence-corrected chi connectivity index (χ0v) is 9.62. The Morgan fingerprint density at radius 1 is 1.40 bits per heavy atom. The van der Waals surface area contributed by atoms with Crippen LogP contribution in [0.5, 0.6) is 11.5 Å². The van der Waals surface area contributed by atoms with E-state index in [0.717, 1.165) is 5.56 Å². The zero-order valence-electron chi connectivity index (χ0n) is 8.87. The molecule has 3 nitrogen and oxygen atoms in total. The lowest BCUT2D eigenvalue weighted by Gasteiger charge is -2.13. The van der Waals surface area contributed by atoms with E-state index in [-0.39, 0.29) is 5.88 Å². The van der Waals surface area contributed by atoms with E-state index in [1.54, 1.807) is 25.3 Å². The lowest BCUT2D eigenvalue weighted by Crippen LogP contribution is -2.01. The third kappa shape index (κ3) is 3.01. The van der Waals surface area contributed by atoms with E-state index >= 15 is 0 Å². The fourth-order valence-electron chi connectivity index (χ4n) is 1.26. The number of aliphatic hydroxyl groups excluding tert-OH is 1. The normalized spacial score (nSPS) is 12.3. The van der Waals surface area contributed by atoms with Gasteiger partial charge in [-0.1, -0.05) is 6.07 Å². The number of benzene rings is 1. The van der Waals surface area contributed by atoms with Crippen LogP contribution in [0, 0.1) is 0 Å². The van der Waals surface area contributed by atoms with E-state index in [0.29, 0.717) is 18.1 Å². The minimum atomic E-state index is -0.670. The molecule has 1 N–H and O–H groups in total. The maximum absolute atomic E-state index is 9.56. The van der Waals surface area contributed by atoms with Gasteiger partial charge in [0.25, 0.3) is 0 Å². The highest BCUT2D eigenvalue weighted by atomic mass is 35.5. The minimum absolute atomic E-state index is 0.165. The zero-order chi connectivity index (χ0) is 11.3. The summed E-state index contributed by atoms with van der Waals surface area (Å²) in [5.41, 5.74) is 0.731. The molecule has 0 heterocycles. The van der Waals surface area contributed by atoms with Crippen LogP contribution in [-0.2, 0) is 0 Å². The van der Waals surface area contributed by atoms with Gasteiger partial charge in [-0.2, -0.15) is 0 Å². The van der Waals surface area contributed by atoms with Crippen molar-refractivity contribution in [1.29, 1.82) is 0 Å². The van der Waals surface area contributed by atoms with Crippen LogP contribution < -0.4 is 9.47 Å². The van der Waals surface area contributed by atoms with Crippen molar-refractivity contribution in [3.05, 3.63) is 23.8 Å². The Labute approximate surface area is 94.6 Å². The predicted octanol–water partition coefficient (Wildman–Crippen LogP) is 2.37. The van der Waals surface area contributed by atoms with Gasteiger partial charge in [-0.3, -0.25) is 0 Å². The lowest BCUT2D eigenvalue weighted by molar-refractivity contribution is 0.201. The summed E-state index contributed by atoms with van der Waals surface area (Å²) in [6.07, 6.45) is -0.670. The standard InChI is InChI=1S/C11H15ClO3/c1-3-15-11-6-8(9(13)7-12)4-5-10(11)14-2/h4-6,9,13H,3,7H2,1-2H3/t9-/m1/s1. The summed E-state index contributed by atoms with van der Waals surface area (Å²) in [6.45, 7) is 2.45. The van der Waals surface area contributed by atoms with Gasteiger partial charge in [-0.15, -0.1) is 11.6 Å². The van der Waals surface area contributed by atoms with Crippen molar-refractivity contribution in [3.63, 3.8) is 0 Å². The van der Waals surface area contributed by atoms with Crippen molar-refractivity contribution in [2.45, 2.75) is 13.0 Å². The molecule has 0 radical (unpaired) electrons. The highest BCUT2D eigenvalue weighted by Crippen LogP contribution is 2.30. The summed E-state index contributed by atoms with van der Waals surface area (Å²) < 4.78 is 10.5. The van der Waals surface area contributed by atoms with Gasteiger partial charge < -0.3 is 14.6 Å². The average Bonchev–Trinajstić information content (AvgIpc) is 2.28. The van der Waals surface area contributed by atoms with Crippen LogP contribution in [-0.4, -0.2) is 24.7 Å². The van der Waals surface area contributed by atoms with Crippen molar-refractivity contribution >= 4 is 11.6 Å². The molecule has 0 fully saturated rings. The van der Waals surface area contributed by atoms with Crippen LogP contribution in [0.25, 0.3) is 0 Å². The molecule has 4 heteroatoms. The topological polar surface area (TPSA) is 38.7 Å². The van der Waals surface area contributed by atoms with E-state index in [4.69, 9.17) is 21.1 Å². The van der Waals surface area contributed by atoms with Crippen molar-refractivity contribution in [2.24, 2.45) is 0 Å². The SMILES string of the molecule is CCOc1cc([C@H](O)CCl)ccc1OC. The number of alkyl halides is 1. The molecule has 0 aliphatic heterocycles. The van der Waals surface area contributed by atoms with Crippen LogP contribution in [0.4, 0.5) is 0 Å². The first-order valence-electron chi connectivity index (χ1n) is 4.77. The van der Waals surface area contributed by atoms with Gasteiger partial charge in [0, 0.05) is 0 Å². The molecule has 1 aromatic carbocycles. The summed E-state index contributed by atoms with van der Waals surface area (Å²) in [7, 11) is 1.58. The second-order valence-electron chi connectivity index (χ2n) is 3.01. The van der Waals surface area contributed by atoms with Gasteiger partial charge in [-0.25, -0.2) is 0 Å². The molecule has 0 saturated heterocycles. The number of hydrogen-bond acceptors (Lipinski definition) is 3. The first-order valence-corrected chi connectivity index (χ1v) is 5.31. The first kappa shape index (κ1) is 12.1. The largest absolute Gasteiger partial charge is 0.493 e. The maximum Gasteiger partial charge on any atom is 0.161 e. The van der Waals surface area contributed by atoms with Gasteiger partial charge in [0.15, 0.2) is 11.5 Å². The predicted molar refractivity (Wildman–Crippen MR) is 59.8 cm³/mol. The van der Waals surface area contributed by atoms with Gasteiger partial charge >= 0.3 is 0 Å². The molecule has 0 unspecified atom stereocenters. The summed E-state index contributed by atoms with van der Waals surface area (Å²) in [4.78, 5) is 0. The van der Waals surface area contributed by atoms with Crippen LogP contribution in [0.2, 0.25) is 0 Å². The highest BCUT2D eigenvalue weighted by molar-refractivity contribution is 6.18. The number of ether oxygens (including phenoxy) is 2. The maximum atomic E-state index is 9.56. The molecule has 0 bridgehead atoms. The van der Waals surface area contributed by atoms with E-state index in [2.05, 4.69) is 0 Å². The number of methoxy groups -OCH3 is 1. The molecule has 15 heavy (non-hydrogen) atoms. The van der Waals surface area contributed by atoms with Crippen LogP contribution >= 0.6 is 11.6 Å². The molecule has 0 aliphatic carbocycles. The minimum Gasteiger partial charge on any atom is -0.493 e. The highest BCUT2D eigenvalue weighted by Gasteiger charge is 2.10. The quantitative estimate of drug-likeness (QED) is 0.790. The molecular formula is C11H15ClO3. The Balaban J connectivity index is 2.98. The Kier molecular flexibility index (Phi) is 4.72. The molecule has 0 aromatic heterocycles. The van der Waals surface area contributed by atoms with Crippen molar-refractivity contribution < 1.29 is 14.6 Å². The summed E-state index contributed by atoms with van der Waals surface area (Å²) in [5, 5.41) is 9.56. The number of halogens is 1. The summed E-state index contributed by atoms with van der Waals surface area (Å²) in [6, 6.07) is 5.28. The first-order chi connectivity index (χ1) is 7.22. The molecule has 0 amide bonds. The number of aliphatic hydroxyl groups is 1. The smallest absolute Gasteiger partial charge is 0.161 e. The van der Waals surface area contributed by atoms with Crippen LogP contribution in [0.1, 0.15) is 18.6 Å².